The van der Waals surface area contributed by atoms with Gasteiger partial charge in [-0.15, -0.1) is 0 Å². The predicted molar refractivity (Wildman–Crippen MR) is 102 cm³/mol. The highest BCUT2D eigenvalue weighted by atomic mass is 32.2. The molecule has 8 heteroatoms. The topological polar surface area (TPSA) is 98.9 Å². The van der Waals surface area contributed by atoms with Crippen LogP contribution in [0.5, 0.6) is 0 Å². The van der Waals surface area contributed by atoms with Crippen LogP contribution in [-0.2, 0) is 20.8 Å². The Bertz CT molecular complexity index is 1120. The van der Waals surface area contributed by atoms with Gasteiger partial charge in [-0.2, -0.15) is 8.42 Å². The SMILES string of the molecule is C/C(Cc1ccc([N+](=O)[O-])cc1)=N\OS(=O)(=O)c1ccc2ccccc2c1. The van der Waals surface area contributed by atoms with E-state index in [1.54, 1.807) is 25.1 Å². The van der Waals surface area contributed by atoms with E-state index < -0.39 is 15.0 Å². The van der Waals surface area contributed by atoms with Crippen LogP contribution in [-0.4, -0.2) is 19.1 Å². The van der Waals surface area contributed by atoms with Gasteiger partial charge >= 0.3 is 10.1 Å². The van der Waals surface area contributed by atoms with Gasteiger partial charge in [0.05, 0.1) is 10.6 Å². The third-order valence-electron chi connectivity index (χ3n) is 3.91. The lowest BCUT2D eigenvalue weighted by Crippen LogP contribution is -2.06. The lowest BCUT2D eigenvalue weighted by Gasteiger charge is -2.05. The van der Waals surface area contributed by atoms with Gasteiger partial charge in [0.15, 0.2) is 0 Å². The van der Waals surface area contributed by atoms with Gasteiger partial charge in [0.1, 0.15) is 4.90 Å². The molecule has 138 valence electrons. The van der Waals surface area contributed by atoms with E-state index >= 15 is 0 Å². The van der Waals surface area contributed by atoms with Crippen molar-refractivity contribution in [3.05, 3.63) is 82.4 Å². The number of rotatable bonds is 6. The zero-order valence-electron chi connectivity index (χ0n) is 14.4. The number of hydrogen-bond donors (Lipinski definition) is 0. The molecule has 3 rings (SSSR count). The van der Waals surface area contributed by atoms with E-state index in [-0.39, 0.29) is 10.6 Å². The number of hydrogen-bond acceptors (Lipinski definition) is 6. The number of nitro benzene ring substituents is 1. The van der Waals surface area contributed by atoms with Crippen LogP contribution in [0.15, 0.2) is 76.8 Å². The molecule has 0 heterocycles. The van der Waals surface area contributed by atoms with Crippen molar-refractivity contribution in [2.75, 3.05) is 0 Å². The maximum Gasteiger partial charge on any atom is 0.358 e. The van der Waals surface area contributed by atoms with E-state index in [1.807, 2.05) is 24.3 Å². The molecular weight excluding hydrogens is 368 g/mol. The summed E-state index contributed by atoms with van der Waals surface area (Å²) in [6.45, 7) is 1.62. The second kappa shape index (κ2) is 7.55. The Morgan fingerprint density at radius 2 is 1.70 bits per heavy atom. The smallest absolute Gasteiger partial charge is 0.265 e. The van der Waals surface area contributed by atoms with Crippen molar-refractivity contribution in [1.29, 1.82) is 0 Å². The number of nitrogens with zero attached hydrogens (tertiary/aromatic N) is 2. The summed E-state index contributed by atoms with van der Waals surface area (Å²) in [5, 5.41) is 16.1. The predicted octanol–water partition coefficient (Wildman–Crippen LogP) is 4.07. The monoisotopic (exact) mass is 384 g/mol. The summed E-state index contributed by atoms with van der Waals surface area (Å²) in [5.41, 5.74) is 1.17. The van der Waals surface area contributed by atoms with Crippen LogP contribution in [0.3, 0.4) is 0 Å². The summed E-state index contributed by atoms with van der Waals surface area (Å²) in [4.78, 5) is 10.2. The molecule has 0 saturated heterocycles. The minimum Gasteiger partial charge on any atom is -0.265 e. The molecule has 27 heavy (non-hydrogen) atoms. The van der Waals surface area contributed by atoms with Crippen LogP contribution in [0.25, 0.3) is 10.8 Å². The Morgan fingerprint density at radius 3 is 2.37 bits per heavy atom. The van der Waals surface area contributed by atoms with Crippen LogP contribution < -0.4 is 0 Å². The normalized spacial score (nSPS) is 12.1. The zero-order chi connectivity index (χ0) is 19.4. The number of benzene rings is 3. The molecule has 0 bridgehead atoms. The number of fused-ring (bicyclic) bond motifs is 1. The molecule has 0 radical (unpaired) electrons. The number of nitro groups is 1. The molecule has 0 amide bonds. The average Bonchev–Trinajstić information content (AvgIpc) is 2.66. The van der Waals surface area contributed by atoms with Gasteiger partial charge < -0.3 is 0 Å². The van der Waals surface area contributed by atoms with E-state index in [2.05, 4.69) is 5.16 Å². The Hall–Kier alpha value is -3.26. The van der Waals surface area contributed by atoms with Crippen LogP contribution in [0.2, 0.25) is 0 Å². The second-order valence-electron chi connectivity index (χ2n) is 5.96. The molecule has 0 unspecified atom stereocenters. The van der Waals surface area contributed by atoms with Gasteiger partial charge in [0.2, 0.25) is 0 Å². The quantitative estimate of drug-likeness (QED) is 0.362. The van der Waals surface area contributed by atoms with Gasteiger partial charge in [0.25, 0.3) is 5.69 Å². The Balaban J connectivity index is 1.73. The zero-order valence-corrected chi connectivity index (χ0v) is 15.2. The van der Waals surface area contributed by atoms with Gasteiger partial charge in [0, 0.05) is 18.6 Å². The van der Waals surface area contributed by atoms with Crippen molar-refractivity contribution >= 4 is 32.3 Å². The van der Waals surface area contributed by atoms with Crippen molar-refractivity contribution in [2.45, 2.75) is 18.2 Å². The summed E-state index contributed by atoms with van der Waals surface area (Å²) in [7, 11) is -4.03. The summed E-state index contributed by atoms with van der Waals surface area (Å²) in [6.07, 6.45) is 0.311. The maximum atomic E-state index is 12.3. The van der Waals surface area contributed by atoms with Crippen LogP contribution >= 0.6 is 0 Å². The Kier molecular flexibility index (Phi) is 5.18. The number of non-ortho nitro benzene ring substituents is 1. The van der Waals surface area contributed by atoms with Crippen LogP contribution in [0, 0.1) is 10.1 Å². The molecule has 0 N–H and O–H groups in total. The van der Waals surface area contributed by atoms with E-state index in [0.29, 0.717) is 12.1 Å². The molecule has 0 atom stereocenters. The van der Waals surface area contributed by atoms with Crippen molar-refractivity contribution in [3.8, 4) is 0 Å². The molecule has 3 aromatic carbocycles. The van der Waals surface area contributed by atoms with Crippen LogP contribution in [0.1, 0.15) is 12.5 Å². The lowest BCUT2D eigenvalue weighted by atomic mass is 10.1. The summed E-state index contributed by atoms with van der Waals surface area (Å²) in [6, 6.07) is 18.1. The van der Waals surface area contributed by atoms with E-state index in [0.717, 1.165) is 16.3 Å². The van der Waals surface area contributed by atoms with E-state index in [9.17, 15) is 18.5 Å². The summed E-state index contributed by atoms with van der Waals surface area (Å²) in [5.74, 6) is 0. The highest BCUT2D eigenvalue weighted by Crippen LogP contribution is 2.20. The Morgan fingerprint density at radius 1 is 1.04 bits per heavy atom. The molecular formula is C19H16N2O5S. The molecule has 7 nitrogen and oxygen atoms in total. The first-order valence-electron chi connectivity index (χ1n) is 8.04. The molecule has 0 spiro atoms. The fourth-order valence-electron chi connectivity index (χ4n) is 2.54. The maximum absolute atomic E-state index is 12.3. The van der Waals surface area contributed by atoms with Gasteiger partial charge in [-0.25, -0.2) is 0 Å². The lowest BCUT2D eigenvalue weighted by molar-refractivity contribution is -0.384. The Labute approximate surface area is 156 Å². The number of oxime groups is 1. The van der Waals surface area contributed by atoms with Crippen molar-refractivity contribution in [1.82, 2.24) is 0 Å². The summed E-state index contributed by atoms with van der Waals surface area (Å²) >= 11 is 0. The molecule has 0 aliphatic rings. The minimum absolute atomic E-state index is 0.0107. The van der Waals surface area contributed by atoms with E-state index in [4.69, 9.17) is 4.28 Å². The molecule has 0 aromatic heterocycles. The average molecular weight is 384 g/mol. The second-order valence-corrected chi connectivity index (χ2v) is 7.49. The van der Waals surface area contributed by atoms with Crippen molar-refractivity contribution in [3.63, 3.8) is 0 Å². The third kappa shape index (κ3) is 4.48. The van der Waals surface area contributed by atoms with Crippen molar-refractivity contribution < 1.29 is 17.6 Å². The first-order valence-corrected chi connectivity index (χ1v) is 9.45. The van der Waals surface area contributed by atoms with Crippen molar-refractivity contribution in [2.24, 2.45) is 5.16 Å². The fraction of sp³-hybridized carbons (Fsp3) is 0.105. The summed E-state index contributed by atoms with van der Waals surface area (Å²) < 4.78 is 29.5. The third-order valence-corrected chi connectivity index (χ3v) is 5.01. The van der Waals surface area contributed by atoms with Gasteiger partial charge in [-0.05, 0) is 35.4 Å². The molecule has 0 aliphatic carbocycles. The molecule has 0 fully saturated rings. The molecule has 3 aromatic rings. The minimum atomic E-state index is -4.03. The fourth-order valence-corrected chi connectivity index (χ4v) is 3.36. The van der Waals surface area contributed by atoms with Gasteiger partial charge in [-0.3, -0.25) is 14.4 Å². The molecule has 0 aliphatic heterocycles. The van der Waals surface area contributed by atoms with Crippen LogP contribution in [0.4, 0.5) is 5.69 Å². The highest BCUT2D eigenvalue weighted by molar-refractivity contribution is 7.86. The standard InChI is InChI=1S/C19H16N2O5S/c1-14(12-15-6-9-18(10-7-15)21(22)23)20-26-27(24,25)19-11-8-16-4-2-3-5-17(16)13-19/h2-11,13H,12H2,1H3/b20-14+. The first-order chi connectivity index (χ1) is 12.8. The highest BCUT2D eigenvalue weighted by Gasteiger charge is 2.16. The first kappa shape index (κ1) is 18.5. The van der Waals surface area contributed by atoms with Gasteiger partial charge in [-0.1, -0.05) is 47.6 Å². The van der Waals surface area contributed by atoms with E-state index in [1.165, 1.54) is 24.3 Å². The molecule has 0 saturated carbocycles. The largest absolute Gasteiger partial charge is 0.358 e.